The molecule has 0 radical (unpaired) electrons. The van der Waals surface area contributed by atoms with Crippen LogP contribution in [0.2, 0.25) is 0 Å². The van der Waals surface area contributed by atoms with E-state index in [2.05, 4.69) is 51.0 Å². The van der Waals surface area contributed by atoms with Crippen LogP contribution in [0.15, 0.2) is 18.3 Å². The first-order valence-electron chi connectivity index (χ1n) is 7.55. The maximum absolute atomic E-state index is 4.83. The Balaban J connectivity index is 2.28. The number of aromatic nitrogens is 2. The molecule has 0 saturated carbocycles. The lowest BCUT2D eigenvalue weighted by Gasteiger charge is -2.20. The van der Waals surface area contributed by atoms with Crippen molar-refractivity contribution >= 4 is 11.3 Å². The van der Waals surface area contributed by atoms with Crippen LogP contribution in [0.4, 0.5) is 0 Å². The highest BCUT2D eigenvalue weighted by molar-refractivity contribution is 7.15. The second-order valence-electron chi connectivity index (χ2n) is 6.46. The van der Waals surface area contributed by atoms with Gasteiger partial charge in [-0.1, -0.05) is 13.3 Å². The van der Waals surface area contributed by atoms with E-state index in [1.54, 1.807) is 11.3 Å². The zero-order valence-corrected chi connectivity index (χ0v) is 14.5. The van der Waals surface area contributed by atoms with E-state index in [1.165, 1.54) is 16.1 Å². The van der Waals surface area contributed by atoms with Crippen LogP contribution < -0.4 is 5.32 Å². The van der Waals surface area contributed by atoms with Gasteiger partial charge in [-0.2, -0.15) is 0 Å². The smallest absolute Gasteiger partial charge is 0.142 e. The summed E-state index contributed by atoms with van der Waals surface area (Å²) >= 11 is 1.77. The Morgan fingerprint density at radius 3 is 2.67 bits per heavy atom. The van der Waals surface area contributed by atoms with Crippen molar-refractivity contribution in [1.82, 2.24) is 15.3 Å². The molecule has 0 fully saturated rings. The van der Waals surface area contributed by atoms with Gasteiger partial charge in [0, 0.05) is 23.2 Å². The van der Waals surface area contributed by atoms with Gasteiger partial charge in [-0.25, -0.2) is 4.98 Å². The van der Waals surface area contributed by atoms with Gasteiger partial charge in [0.15, 0.2) is 0 Å². The van der Waals surface area contributed by atoms with E-state index in [4.69, 9.17) is 4.98 Å². The summed E-state index contributed by atoms with van der Waals surface area (Å²) in [5.41, 5.74) is 3.55. The third-order valence-corrected chi connectivity index (χ3v) is 4.30. The fourth-order valence-corrected chi connectivity index (χ4v) is 3.08. The minimum absolute atomic E-state index is 0.120. The number of nitrogens with zero attached hydrogens (tertiary/aromatic N) is 2. The Bertz CT molecular complexity index is 596. The van der Waals surface area contributed by atoms with Crippen LogP contribution in [0.25, 0.3) is 10.7 Å². The standard InChI is InChI=1S/C17H25N3S/c1-6-7-13-15(11-19-17(3,4)5)21-16(20-13)14-10-12(2)8-9-18-14/h8-10,19H,6-7,11H2,1-5H3. The minimum atomic E-state index is 0.120. The Hall–Kier alpha value is -1.26. The highest BCUT2D eigenvalue weighted by Gasteiger charge is 2.15. The quantitative estimate of drug-likeness (QED) is 0.892. The van der Waals surface area contributed by atoms with Crippen molar-refractivity contribution in [1.29, 1.82) is 0 Å². The molecule has 2 heterocycles. The van der Waals surface area contributed by atoms with Gasteiger partial charge in [0.1, 0.15) is 5.01 Å². The summed E-state index contributed by atoms with van der Waals surface area (Å²) in [6, 6.07) is 4.13. The van der Waals surface area contributed by atoms with E-state index in [0.29, 0.717) is 0 Å². The molecule has 4 heteroatoms. The summed E-state index contributed by atoms with van der Waals surface area (Å²) in [7, 11) is 0. The maximum atomic E-state index is 4.83. The van der Waals surface area contributed by atoms with E-state index in [1.807, 2.05) is 12.3 Å². The molecule has 0 atom stereocenters. The van der Waals surface area contributed by atoms with Gasteiger partial charge in [0.25, 0.3) is 0 Å². The van der Waals surface area contributed by atoms with Crippen molar-refractivity contribution in [3.63, 3.8) is 0 Å². The molecule has 0 spiro atoms. The summed E-state index contributed by atoms with van der Waals surface area (Å²) in [5, 5.41) is 4.60. The van der Waals surface area contributed by atoms with Crippen LogP contribution in [-0.2, 0) is 13.0 Å². The van der Waals surface area contributed by atoms with Gasteiger partial charge < -0.3 is 5.32 Å². The number of aryl methyl sites for hydroxylation is 2. The van der Waals surface area contributed by atoms with Crippen molar-refractivity contribution in [3.8, 4) is 10.7 Å². The second kappa shape index (κ2) is 6.67. The lowest BCUT2D eigenvalue weighted by Crippen LogP contribution is -2.35. The van der Waals surface area contributed by atoms with E-state index >= 15 is 0 Å². The van der Waals surface area contributed by atoms with Crippen LogP contribution in [0.1, 0.15) is 50.3 Å². The molecule has 2 rings (SSSR count). The Morgan fingerprint density at radius 1 is 1.29 bits per heavy atom. The van der Waals surface area contributed by atoms with Gasteiger partial charge >= 0.3 is 0 Å². The molecule has 2 aromatic heterocycles. The van der Waals surface area contributed by atoms with Crippen LogP contribution >= 0.6 is 11.3 Å². The maximum Gasteiger partial charge on any atom is 0.142 e. The largest absolute Gasteiger partial charge is 0.307 e. The van der Waals surface area contributed by atoms with E-state index in [-0.39, 0.29) is 5.54 Å². The minimum Gasteiger partial charge on any atom is -0.307 e. The SMILES string of the molecule is CCCc1nc(-c2cc(C)ccn2)sc1CNC(C)(C)C. The Kier molecular flexibility index (Phi) is 5.12. The summed E-state index contributed by atoms with van der Waals surface area (Å²) in [5.74, 6) is 0. The third kappa shape index (κ3) is 4.61. The van der Waals surface area contributed by atoms with Crippen molar-refractivity contribution in [2.45, 2.75) is 59.5 Å². The molecule has 3 nitrogen and oxygen atoms in total. The number of thiazole rings is 1. The summed E-state index contributed by atoms with van der Waals surface area (Å²) < 4.78 is 0. The summed E-state index contributed by atoms with van der Waals surface area (Å²) in [6.45, 7) is 11.7. The number of hydrogen-bond acceptors (Lipinski definition) is 4. The van der Waals surface area contributed by atoms with Crippen LogP contribution in [-0.4, -0.2) is 15.5 Å². The predicted molar refractivity (Wildman–Crippen MR) is 90.7 cm³/mol. The van der Waals surface area contributed by atoms with Gasteiger partial charge in [0.2, 0.25) is 0 Å². The van der Waals surface area contributed by atoms with Crippen molar-refractivity contribution in [3.05, 3.63) is 34.5 Å². The molecule has 21 heavy (non-hydrogen) atoms. The molecule has 0 aliphatic heterocycles. The lowest BCUT2D eigenvalue weighted by atomic mass is 10.1. The first kappa shape index (κ1) is 16.1. The lowest BCUT2D eigenvalue weighted by molar-refractivity contribution is 0.425. The van der Waals surface area contributed by atoms with Crippen molar-refractivity contribution in [2.75, 3.05) is 0 Å². The van der Waals surface area contributed by atoms with Crippen molar-refractivity contribution < 1.29 is 0 Å². The van der Waals surface area contributed by atoms with Crippen molar-refractivity contribution in [2.24, 2.45) is 0 Å². The molecule has 0 aromatic carbocycles. The molecule has 2 aromatic rings. The number of pyridine rings is 1. The van der Waals surface area contributed by atoms with Crippen LogP contribution in [0.5, 0.6) is 0 Å². The molecule has 0 saturated heterocycles. The molecule has 1 N–H and O–H groups in total. The zero-order chi connectivity index (χ0) is 15.5. The van der Waals surface area contributed by atoms with E-state index < -0.39 is 0 Å². The molecular formula is C17H25N3S. The predicted octanol–water partition coefficient (Wildman–Crippen LogP) is 4.35. The molecule has 0 aliphatic carbocycles. The first-order valence-corrected chi connectivity index (χ1v) is 8.37. The number of hydrogen-bond donors (Lipinski definition) is 1. The number of nitrogens with one attached hydrogen (secondary N) is 1. The highest BCUT2D eigenvalue weighted by Crippen LogP contribution is 2.28. The van der Waals surface area contributed by atoms with Crippen LogP contribution in [0, 0.1) is 6.92 Å². The Morgan fingerprint density at radius 2 is 2.05 bits per heavy atom. The highest BCUT2D eigenvalue weighted by atomic mass is 32.1. The fraction of sp³-hybridized carbons (Fsp3) is 0.529. The number of rotatable bonds is 5. The zero-order valence-electron chi connectivity index (χ0n) is 13.7. The fourth-order valence-electron chi connectivity index (χ4n) is 2.06. The summed E-state index contributed by atoms with van der Waals surface area (Å²) in [6.07, 6.45) is 4.01. The molecule has 0 bridgehead atoms. The average molecular weight is 303 g/mol. The normalized spacial score (nSPS) is 11.9. The van der Waals surface area contributed by atoms with Crippen LogP contribution in [0.3, 0.4) is 0 Å². The third-order valence-electron chi connectivity index (χ3n) is 3.18. The molecule has 0 aliphatic rings. The molecule has 0 amide bonds. The average Bonchev–Trinajstić information content (AvgIpc) is 2.79. The van der Waals surface area contributed by atoms with Gasteiger partial charge in [-0.3, -0.25) is 4.98 Å². The molecule has 114 valence electrons. The first-order chi connectivity index (χ1) is 9.89. The summed E-state index contributed by atoms with van der Waals surface area (Å²) in [4.78, 5) is 10.6. The van der Waals surface area contributed by atoms with Gasteiger partial charge in [-0.15, -0.1) is 11.3 Å². The second-order valence-corrected chi connectivity index (χ2v) is 7.54. The van der Waals surface area contributed by atoms with E-state index in [9.17, 15) is 0 Å². The topological polar surface area (TPSA) is 37.8 Å². The monoisotopic (exact) mass is 303 g/mol. The molecular weight excluding hydrogens is 278 g/mol. The van der Waals surface area contributed by atoms with E-state index in [0.717, 1.165) is 30.1 Å². The van der Waals surface area contributed by atoms with Gasteiger partial charge in [-0.05, 0) is 51.8 Å². The Labute approximate surface area is 131 Å². The molecule has 0 unspecified atom stereocenters. The van der Waals surface area contributed by atoms with Gasteiger partial charge in [0.05, 0.1) is 11.4 Å².